The second-order valence-electron chi connectivity index (χ2n) is 1.66. The molecule has 0 fully saturated rings. The number of aromatic nitrogens is 1. The summed E-state index contributed by atoms with van der Waals surface area (Å²) in [6, 6.07) is 2.70. The number of nitrogens with zero attached hydrogens (tertiary/aromatic N) is 1. The van der Waals surface area contributed by atoms with Crippen LogP contribution in [0.1, 0.15) is 13.8 Å². The molecule has 1 aromatic heterocycles. The quantitative estimate of drug-likeness (QED) is 0.677. The Morgan fingerprint density at radius 3 is 2.25 bits per heavy atom. The maximum atomic E-state index is 10.3. The Morgan fingerprint density at radius 1 is 1.42 bits per heavy atom. The molecule has 0 bridgehead atoms. The Kier molecular flexibility index (Phi) is 4.46. The highest BCUT2D eigenvalue weighted by Crippen LogP contribution is 2.03. The van der Waals surface area contributed by atoms with E-state index in [1.807, 2.05) is 13.8 Å². The minimum atomic E-state index is -4.07. The topological polar surface area (TPSA) is 67.3 Å². The first-order valence-electron chi connectivity index (χ1n) is 3.48. The number of hydrogen-bond acceptors (Lipinski definition) is 3. The van der Waals surface area contributed by atoms with Crippen molar-refractivity contribution in [2.45, 2.75) is 18.7 Å². The van der Waals surface area contributed by atoms with Gasteiger partial charge in [-0.1, -0.05) is 13.8 Å². The molecule has 0 spiro atoms. The number of pyridine rings is 1. The van der Waals surface area contributed by atoms with E-state index in [0.29, 0.717) is 0 Å². The van der Waals surface area contributed by atoms with Gasteiger partial charge in [0.05, 0.1) is 0 Å². The SMILES string of the molecule is CC.O=S(=O)(O)c1cccnc1. The van der Waals surface area contributed by atoms with Gasteiger partial charge in [0.2, 0.25) is 0 Å². The molecule has 4 nitrogen and oxygen atoms in total. The maximum Gasteiger partial charge on any atom is 0.296 e. The minimum Gasteiger partial charge on any atom is -0.282 e. The molecule has 0 aromatic carbocycles. The van der Waals surface area contributed by atoms with Crippen molar-refractivity contribution in [3.8, 4) is 0 Å². The lowest BCUT2D eigenvalue weighted by atomic mass is 10.5. The van der Waals surface area contributed by atoms with Gasteiger partial charge in [-0.25, -0.2) is 0 Å². The van der Waals surface area contributed by atoms with Gasteiger partial charge in [-0.2, -0.15) is 8.42 Å². The second kappa shape index (κ2) is 4.84. The standard InChI is InChI=1S/C5H5NO3S.C2H6/c7-10(8,9)5-2-1-3-6-4-5;1-2/h1-4H,(H,7,8,9);1-2H3. The molecule has 1 heterocycles. The van der Waals surface area contributed by atoms with Crippen LogP contribution in [0.4, 0.5) is 0 Å². The summed E-state index contributed by atoms with van der Waals surface area (Å²) in [7, 11) is -4.07. The molecule has 0 saturated heterocycles. The zero-order chi connectivity index (χ0) is 9.61. The van der Waals surface area contributed by atoms with Gasteiger partial charge in [0.25, 0.3) is 10.1 Å². The minimum absolute atomic E-state index is 0.185. The fourth-order valence-electron chi connectivity index (χ4n) is 0.500. The summed E-state index contributed by atoms with van der Waals surface area (Å²) in [6.07, 6.45) is 2.50. The van der Waals surface area contributed by atoms with Crippen molar-refractivity contribution >= 4 is 10.1 Å². The van der Waals surface area contributed by atoms with Gasteiger partial charge >= 0.3 is 0 Å². The molecule has 68 valence electrons. The van der Waals surface area contributed by atoms with Crippen LogP contribution < -0.4 is 0 Å². The fraction of sp³-hybridized carbons (Fsp3) is 0.286. The van der Waals surface area contributed by atoms with Crippen LogP contribution in [0.15, 0.2) is 29.4 Å². The summed E-state index contributed by atoms with van der Waals surface area (Å²) in [5.74, 6) is 0. The molecule has 0 aliphatic rings. The molecule has 0 atom stereocenters. The molecular weight excluding hydrogens is 178 g/mol. The molecule has 0 radical (unpaired) electrons. The summed E-state index contributed by atoms with van der Waals surface area (Å²) in [5.41, 5.74) is 0. The van der Waals surface area contributed by atoms with Gasteiger partial charge in [0.1, 0.15) is 4.90 Å². The summed E-state index contributed by atoms with van der Waals surface area (Å²) >= 11 is 0. The van der Waals surface area contributed by atoms with Crippen LogP contribution in [0.2, 0.25) is 0 Å². The highest BCUT2D eigenvalue weighted by atomic mass is 32.2. The highest BCUT2D eigenvalue weighted by molar-refractivity contribution is 7.85. The van der Waals surface area contributed by atoms with Crippen LogP contribution in [0, 0.1) is 0 Å². The monoisotopic (exact) mass is 189 g/mol. The van der Waals surface area contributed by atoms with Crippen molar-refractivity contribution in [3.63, 3.8) is 0 Å². The van der Waals surface area contributed by atoms with Crippen molar-refractivity contribution in [1.29, 1.82) is 0 Å². The molecule has 1 aromatic rings. The van der Waals surface area contributed by atoms with E-state index in [2.05, 4.69) is 4.98 Å². The predicted octanol–water partition coefficient (Wildman–Crippen LogP) is 1.35. The van der Waals surface area contributed by atoms with E-state index in [-0.39, 0.29) is 4.90 Å². The molecular formula is C7H11NO3S. The van der Waals surface area contributed by atoms with E-state index in [9.17, 15) is 8.42 Å². The van der Waals surface area contributed by atoms with Crippen LogP contribution in [0.5, 0.6) is 0 Å². The van der Waals surface area contributed by atoms with Crippen LogP contribution >= 0.6 is 0 Å². The van der Waals surface area contributed by atoms with E-state index in [1.165, 1.54) is 18.3 Å². The summed E-state index contributed by atoms with van der Waals surface area (Å²) in [6.45, 7) is 4.00. The normalized spacial score (nSPS) is 9.92. The Balaban J connectivity index is 0.000000561. The first-order valence-corrected chi connectivity index (χ1v) is 4.92. The van der Waals surface area contributed by atoms with Crippen molar-refractivity contribution in [2.24, 2.45) is 0 Å². The molecule has 5 heteroatoms. The molecule has 1 N–H and O–H groups in total. The Labute approximate surface area is 72.0 Å². The molecule has 0 aliphatic carbocycles. The summed E-state index contributed by atoms with van der Waals surface area (Å²) in [4.78, 5) is 3.33. The van der Waals surface area contributed by atoms with Gasteiger partial charge in [-0.05, 0) is 12.1 Å². The molecule has 0 amide bonds. The molecule has 12 heavy (non-hydrogen) atoms. The van der Waals surface area contributed by atoms with Crippen molar-refractivity contribution in [2.75, 3.05) is 0 Å². The summed E-state index contributed by atoms with van der Waals surface area (Å²) in [5, 5.41) is 0. The third-order valence-electron chi connectivity index (χ3n) is 0.932. The average Bonchev–Trinajstić information content (AvgIpc) is 2.08. The molecule has 1 rings (SSSR count). The first-order chi connectivity index (χ1) is 5.61. The van der Waals surface area contributed by atoms with E-state index in [1.54, 1.807) is 0 Å². The maximum absolute atomic E-state index is 10.3. The van der Waals surface area contributed by atoms with Gasteiger partial charge < -0.3 is 0 Å². The molecule has 0 saturated carbocycles. The van der Waals surface area contributed by atoms with Gasteiger partial charge in [0.15, 0.2) is 0 Å². The fourth-order valence-corrected chi connectivity index (χ4v) is 0.944. The number of rotatable bonds is 1. The third kappa shape index (κ3) is 3.45. The van der Waals surface area contributed by atoms with E-state index in [0.717, 1.165) is 6.20 Å². The Morgan fingerprint density at radius 2 is 2.00 bits per heavy atom. The van der Waals surface area contributed by atoms with Gasteiger partial charge in [0, 0.05) is 12.4 Å². The van der Waals surface area contributed by atoms with Crippen LogP contribution in [0.3, 0.4) is 0 Å². The van der Waals surface area contributed by atoms with Crippen LogP contribution in [0.25, 0.3) is 0 Å². The second-order valence-corrected chi connectivity index (χ2v) is 3.09. The lowest BCUT2D eigenvalue weighted by molar-refractivity contribution is 0.483. The first kappa shape index (κ1) is 11.1. The van der Waals surface area contributed by atoms with Crippen LogP contribution in [-0.2, 0) is 10.1 Å². The summed E-state index contributed by atoms with van der Waals surface area (Å²) < 4.78 is 29.1. The lowest BCUT2D eigenvalue weighted by Gasteiger charge is -1.91. The van der Waals surface area contributed by atoms with E-state index in [4.69, 9.17) is 4.55 Å². The zero-order valence-electron chi connectivity index (χ0n) is 6.93. The lowest BCUT2D eigenvalue weighted by Crippen LogP contribution is -1.97. The van der Waals surface area contributed by atoms with Crippen molar-refractivity contribution in [1.82, 2.24) is 4.98 Å². The number of hydrogen-bond donors (Lipinski definition) is 1. The highest BCUT2D eigenvalue weighted by Gasteiger charge is 2.06. The zero-order valence-corrected chi connectivity index (χ0v) is 7.75. The predicted molar refractivity (Wildman–Crippen MR) is 45.4 cm³/mol. The Bertz CT molecular complexity index is 307. The largest absolute Gasteiger partial charge is 0.296 e. The van der Waals surface area contributed by atoms with Gasteiger partial charge in [-0.15, -0.1) is 0 Å². The smallest absolute Gasteiger partial charge is 0.282 e. The van der Waals surface area contributed by atoms with Gasteiger partial charge in [-0.3, -0.25) is 9.54 Å². The van der Waals surface area contributed by atoms with Crippen molar-refractivity contribution < 1.29 is 13.0 Å². The van der Waals surface area contributed by atoms with E-state index < -0.39 is 10.1 Å². The molecule has 0 unspecified atom stereocenters. The average molecular weight is 189 g/mol. The van der Waals surface area contributed by atoms with Crippen molar-refractivity contribution in [3.05, 3.63) is 24.5 Å². The Hall–Kier alpha value is -0.940. The third-order valence-corrected chi connectivity index (χ3v) is 1.77. The molecule has 0 aliphatic heterocycles. The van der Waals surface area contributed by atoms with Crippen LogP contribution in [-0.4, -0.2) is 18.0 Å². The van der Waals surface area contributed by atoms with E-state index >= 15 is 0 Å².